The number of carbonyl (C=O) groups excluding carboxylic acids is 3. The second-order valence-corrected chi connectivity index (χ2v) is 9.03. The van der Waals surface area contributed by atoms with Crippen LogP contribution in [0.15, 0.2) is 41.1 Å². The van der Waals surface area contributed by atoms with E-state index in [1.165, 1.54) is 22.7 Å². The quantitative estimate of drug-likeness (QED) is 0.512. The zero-order valence-corrected chi connectivity index (χ0v) is 19.1. The molecule has 3 aromatic rings. The molecule has 1 aliphatic rings. The lowest BCUT2D eigenvalue weighted by molar-refractivity contribution is -0.117. The van der Waals surface area contributed by atoms with Gasteiger partial charge in [0.05, 0.1) is 30.0 Å². The van der Waals surface area contributed by atoms with Crippen molar-refractivity contribution in [3.8, 4) is 0 Å². The van der Waals surface area contributed by atoms with Crippen LogP contribution in [-0.2, 0) is 22.5 Å². The molecule has 0 radical (unpaired) electrons. The molecule has 2 aromatic heterocycles. The van der Waals surface area contributed by atoms with Crippen LogP contribution in [0.2, 0.25) is 0 Å². The Morgan fingerprint density at radius 2 is 1.94 bits per heavy atom. The molecule has 10 heteroatoms. The molecule has 0 fully saturated rings. The van der Waals surface area contributed by atoms with E-state index in [0.29, 0.717) is 41.6 Å². The third kappa shape index (κ3) is 5.39. The van der Waals surface area contributed by atoms with Gasteiger partial charge in [-0.2, -0.15) is 11.3 Å². The number of amides is 2. The molecule has 8 nitrogen and oxygen atoms in total. The number of thiophene rings is 1. The maximum Gasteiger partial charge on any atom is 0.338 e. The summed E-state index contributed by atoms with van der Waals surface area (Å²) in [6.45, 7) is 3.63. The number of esters is 1. The summed E-state index contributed by atoms with van der Waals surface area (Å²) in [5.74, 6) is -0.680. The highest BCUT2D eigenvalue weighted by molar-refractivity contribution is 7.16. The summed E-state index contributed by atoms with van der Waals surface area (Å²) >= 11 is 2.92. The maximum absolute atomic E-state index is 12.5. The van der Waals surface area contributed by atoms with Gasteiger partial charge in [-0.25, -0.2) is 9.78 Å². The molecule has 0 saturated carbocycles. The van der Waals surface area contributed by atoms with Crippen molar-refractivity contribution in [3.05, 3.63) is 62.8 Å². The number of nitrogens with one attached hydrogen (secondary N) is 2. The van der Waals surface area contributed by atoms with Crippen LogP contribution < -0.4 is 10.6 Å². The molecule has 0 spiro atoms. The lowest BCUT2D eigenvalue weighted by Crippen LogP contribution is -2.36. The highest BCUT2D eigenvalue weighted by Gasteiger charge is 2.23. The Hall–Kier alpha value is -3.08. The van der Waals surface area contributed by atoms with E-state index in [1.807, 2.05) is 10.3 Å². The molecule has 0 unspecified atom stereocenters. The van der Waals surface area contributed by atoms with Crippen LogP contribution in [-0.4, -0.2) is 47.4 Å². The second kappa shape index (κ2) is 10.0. The van der Waals surface area contributed by atoms with E-state index < -0.39 is 0 Å². The van der Waals surface area contributed by atoms with Crippen molar-refractivity contribution in [3.63, 3.8) is 0 Å². The summed E-state index contributed by atoms with van der Waals surface area (Å²) in [7, 11) is 0. The normalized spacial score (nSPS) is 13.3. The zero-order valence-electron chi connectivity index (χ0n) is 17.4. The van der Waals surface area contributed by atoms with Gasteiger partial charge in [-0.1, -0.05) is 0 Å². The van der Waals surface area contributed by atoms with Gasteiger partial charge in [-0.15, -0.1) is 11.3 Å². The van der Waals surface area contributed by atoms with E-state index in [9.17, 15) is 14.4 Å². The lowest BCUT2D eigenvalue weighted by Gasteiger charge is -2.25. The fourth-order valence-corrected chi connectivity index (χ4v) is 4.99. The topological polar surface area (TPSA) is 101 Å². The first-order valence-corrected chi connectivity index (χ1v) is 11.9. The first-order valence-electron chi connectivity index (χ1n) is 10.1. The monoisotopic (exact) mass is 470 g/mol. The molecule has 32 heavy (non-hydrogen) atoms. The molecule has 4 rings (SSSR count). The Morgan fingerprint density at radius 1 is 1.12 bits per heavy atom. The largest absolute Gasteiger partial charge is 0.462 e. The predicted octanol–water partition coefficient (Wildman–Crippen LogP) is 3.63. The summed E-state index contributed by atoms with van der Waals surface area (Å²) < 4.78 is 4.96. The van der Waals surface area contributed by atoms with Gasteiger partial charge in [-0.3, -0.25) is 19.8 Å². The second-order valence-electron chi connectivity index (χ2n) is 7.16. The van der Waals surface area contributed by atoms with Crippen LogP contribution in [0.25, 0.3) is 0 Å². The van der Waals surface area contributed by atoms with Crippen LogP contribution in [0.4, 0.5) is 10.8 Å². The SMILES string of the molecule is CCOC(=O)c1ccc(NC(=O)CN2CCc3nc(NC(=O)c4ccsc4)sc3C2)cc1. The van der Waals surface area contributed by atoms with Crippen molar-refractivity contribution < 1.29 is 19.1 Å². The number of thiazole rings is 1. The van der Waals surface area contributed by atoms with Crippen molar-refractivity contribution in [2.75, 3.05) is 30.3 Å². The van der Waals surface area contributed by atoms with E-state index in [0.717, 1.165) is 17.0 Å². The van der Waals surface area contributed by atoms with Gasteiger partial charge < -0.3 is 10.1 Å². The van der Waals surface area contributed by atoms with E-state index in [4.69, 9.17) is 4.74 Å². The van der Waals surface area contributed by atoms with E-state index in [1.54, 1.807) is 42.6 Å². The van der Waals surface area contributed by atoms with Crippen LogP contribution in [0.1, 0.15) is 38.2 Å². The minimum absolute atomic E-state index is 0.132. The van der Waals surface area contributed by atoms with Gasteiger partial charge in [0.1, 0.15) is 0 Å². The highest BCUT2D eigenvalue weighted by Crippen LogP contribution is 2.28. The zero-order chi connectivity index (χ0) is 22.5. The average Bonchev–Trinajstić information content (AvgIpc) is 3.44. The Labute approximate surface area is 193 Å². The number of hydrogen-bond donors (Lipinski definition) is 2. The van der Waals surface area contributed by atoms with Crippen molar-refractivity contribution in [2.45, 2.75) is 19.9 Å². The average molecular weight is 471 g/mol. The minimum atomic E-state index is -0.384. The smallest absolute Gasteiger partial charge is 0.338 e. The third-order valence-corrected chi connectivity index (χ3v) is 6.54. The van der Waals surface area contributed by atoms with Gasteiger partial charge in [0.25, 0.3) is 5.91 Å². The maximum atomic E-state index is 12.5. The molecule has 1 aliphatic heterocycles. The minimum Gasteiger partial charge on any atom is -0.462 e. The Morgan fingerprint density at radius 3 is 2.66 bits per heavy atom. The van der Waals surface area contributed by atoms with E-state index >= 15 is 0 Å². The van der Waals surface area contributed by atoms with Gasteiger partial charge in [-0.05, 0) is 42.6 Å². The number of hydrogen-bond acceptors (Lipinski definition) is 8. The Balaban J connectivity index is 1.30. The number of rotatable bonds is 7. The molecule has 0 saturated heterocycles. The van der Waals surface area contributed by atoms with Gasteiger partial charge in [0.2, 0.25) is 5.91 Å². The van der Waals surface area contributed by atoms with Crippen molar-refractivity contribution in [1.82, 2.24) is 9.88 Å². The summed E-state index contributed by atoms with van der Waals surface area (Å²) in [5.41, 5.74) is 2.66. The van der Waals surface area contributed by atoms with Crippen molar-refractivity contribution >= 4 is 51.3 Å². The fraction of sp³-hybridized carbons (Fsp3) is 0.273. The first kappa shape index (κ1) is 22.1. The number of carbonyl (C=O) groups is 3. The molecule has 0 bridgehead atoms. The van der Waals surface area contributed by atoms with Gasteiger partial charge in [0.15, 0.2) is 5.13 Å². The summed E-state index contributed by atoms with van der Waals surface area (Å²) in [6, 6.07) is 8.40. The third-order valence-electron chi connectivity index (χ3n) is 4.86. The number of benzene rings is 1. The lowest BCUT2D eigenvalue weighted by atomic mass is 10.2. The van der Waals surface area contributed by atoms with Crippen molar-refractivity contribution in [1.29, 1.82) is 0 Å². The number of nitrogens with zero attached hydrogens (tertiary/aromatic N) is 2. The standard InChI is InChI=1S/C22H22N4O4S2/c1-2-30-21(29)14-3-5-16(6-4-14)23-19(27)12-26-9-7-17-18(11-26)32-22(24-17)25-20(28)15-8-10-31-13-15/h3-6,8,10,13H,2,7,9,11-12H2,1H3,(H,23,27)(H,24,25,28). The van der Waals surface area contributed by atoms with Crippen LogP contribution in [0.5, 0.6) is 0 Å². The molecule has 166 valence electrons. The number of aromatic nitrogens is 1. The molecule has 3 heterocycles. The molecular weight excluding hydrogens is 448 g/mol. The number of fused-ring (bicyclic) bond motifs is 1. The molecule has 2 amide bonds. The van der Waals surface area contributed by atoms with Gasteiger partial charge >= 0.3 is 5.97 Å². The summed E-state index contributed by atoms with van der Waals surface area (Å²) in [4.78, 5) is 44.1. The number of ether oxygens (including phenoxy) is 1. The fourth-order valence-electron chi connectivity index (χ4n) is 3.31. The van der Waals surface area contributed by atoms with Crippen LogP contribution >= 0.6 is 22.7 Å². The first-order chi connectivity index (χ1) is 15.5. The molecule has 1 aromatic carbocycles. The van der Waals surface area contributed by atoms with Crippen molar-refractivity contribution in [2.24, 2.45) is 0 Å². The van der Waals surface area contributed by atoms with Crippen LogP contribution in [0, 0.1) is 0 Å². The molecular formula is C22H22N4O4S2. The van der Waals surface area contributed by atoms with E-state index in [2.05, 4.69) is 15.6 Å². The number of anilines is 2. The molecule has 0 atom stereocenters. The highest BCUT2D eigenvalue weighted by atomic mass is 32.1. The van der Waals surface area contributed by atoms with Crippen LogP contribution in [0.3, 0.4) is 0 Å². The predicted molar refractivity (Wildman–Crippen MR) is 124 cm³/mol. The Bertz CT molecular complexity index is 1110. The van der Waals surface area contributed by atoms with Gasteiger partial charge in [0, 0.05) is 35.5 Å². The molecule has 2 N–H and O–H groups in total. The summed E-state index contributed by atoms with van der Waals surface area (Å²) in [6.07, 6.45) is 0.724. The Kier molecular flexibility index (Phi) is 6.93. The summed E-state index contributed by atoms with van der Waals surface area (Å²) in [5, 5.41) is 9.95. The van der Waals surface area contributed by atoms with E-state index in [-0.39, 0.29) is 24.3 Å². The molecule has 0 aliphatic carbocycles.